The molecule has 3 rings (SSSR count). The molecule has 8 atom stereocenters. The highest BCUT2D eigenvalue weighted by molar-refractivity contribution is 7.99. The number of nitrogens with one attached hydrogen (secondary N) is 3. The maximum absolute atomic E-state index is 15.5. The summed E-state index contributed by atoms with van der Waals surface area (Å²) >= 11 is 2.51. The molecule has 500 valence electrons. The molecule has 0 spiro atoms. The highest BCUT2D eigenvalue weighted by atomic mass is 32.2. The molecule has 0 radical (unpaired) electrons. The molecule has 0 aliphatic heterocycles. The lowest BCUT2D eigenvalue weighted by atomic mass is 9.81. The van der Waals surface area contributed by atoms with Crippen LogP contribution in [0, 0.1) is 43.4 Å². The van der Waals surface area contributed by atoms with Crippen LogP contribution in [0.1, 0.15) is 170 Å². The van der Waals surface area contributed by atoms with E-state index in [1.165, 1.54) is 18.7 Å². The van der Waals surface area contributed by atoms with Gasteiger partial charge in [0, 0.05) is 100 Å². The number of ether oxygens (including phenoxy) is 4. The Morgan fingerprint density at radius 1 is 0.867 bits per heavy atom. The number of carbonyl (C=O) groups is 10. The van der Waals surface area contributed by atoms with Crippen LogP contribution in [-0.4, -0.2) is 164 Å². The quantitative estimate of drug-likeness (QED) is 0.0270. The molecule has 0 aliphatic rings. The molecule has 2 aromatic carbocycles. The molecule has 1 heterocycles. The molecular weight excluding hydrogens is 1190 g/mol. The Morgan fingerprint density at radius 3 is 2.17 bits per heavy atom. The lowest BCUT2D eigenvalue weighted by Crippen LogP contribution is -2.52. The van der Waals surface area contributed by atoms with Crippen LogP contribution in [0.3, 0.4) is 0 Å². The third-order valence-corrected chi connectivity index (χ3v) is 18.2. The maximum atomic E-state index is 15.5. The fraction of sp³-hybridized carbons (Fsp3) is 0.632. The number of anilines is 1. The minimum atomic E-state index is -1.04. The van der Waals surface area contributed by atoms with Crippen molar-refractivity contribution in [1.82, 2.24) is 25.4 Å². The molecule has 0 saturated heterocycles. The van der Waals surface area contributed by atoms with E-state index in [0.29, 0.717) is 81.9 Å². The predicted octanol–water partition coefficient (Wildman–Crippen LogP) is 9.49. The van der Waals surface area contributed by atoms with Crippen molar-refractivity contribution in [3.05, 3.63) is 80.8 Å². The number of methoxy groups -OCH3 is 1. The molecule has 3 N–H and O–H groups in total. The standard InChI is InChI=1S/C68H102N6O14S2/c1-16-45(5)56(36-62(80)68(10,11)73(12)13)67(84)74(59(43(2)3)37-61(88-49(9)76)66-72-58(41-90-66)65(83)70-53(33-48(8)87-42-75)34-51-22-20-44(4)21-23-51)38-54(77)26-24-50-25-27-57(46(6)31-50)71-64(82)47(7)32-60(79)52(35-55(78)40-89-15)19-17-18-28-69-63(81)39-86-30-29-85-14/h20-23,25,27,31,41-43,45,47-48,52-53,56,59,61H,16-19,24,26,28-30,32-40H2,1-15H3,(H,69,81)(H,70,83)(H,71,82)/t45?,47?,48?,52?,53-,56+,59-,61-/m1/s1. The summed E-state index contributed by atoms with van der Waals surface area (Å²) < 4.78 is 21.4. The zero-order valence-corrected chi connectivity index (χ0v) is 57.6. The highest BCUT2D eigenvalue weighted by Crippen LogP contribution is 2.34. The number of hydrogen-bond acceptors (Lipinski definition) is 18. The van der Waals surface area contributed by atoms with Crippen molar-refractivity contribution >= 4 is 88.0 Å². The van der Waals surface area contributed by atoms with Gasteiger partial charge in [0.1, 0.15) is 35.0 Å². The van der Waals surface area contributed by atoms with Crippen molar-refractivity contribution in [3.8, 4) is 0 Å². The van der Waals surface area contributed by atoms with Crippen molar-refractivity contribution in [2.24, 2.45) is 29.6 Å². The number of carbonyl (C=O) groups excluding carboxylic acids is 10. The number of rotatable bonds is 45. The van der Waals surface area contributed by atoms with Crippen LogP contribution in [0.5, 0.6) is 0 Å². The van der Waals surface area contributed by atoms with Crippen molar-refractivity contribution < 1.29 is 66.9 Å². The normalized spacial score (nSPS) is 14.3. The van der Waals surface area contributed by atoms with Crippen molar-refractivity contribution in [3.63, 3.8) is 0 Å². The van der Waals surface area contributed by atoms with Gasteiger partial charge >= 0.3 is 5.97 Å². The first-order valence-corrected chi connectivity index (χ1v) is 33.7. The smallest absolute Gasteiger partial charge is 0.303 e. The van der Waals surface area contributed by atoms with Gasteiger partial charge in [0.25, 0.3) is 12.4 Å². The van der Waals surface area contributed by atoms with E-state index in [2.05, 4.69) is 16.0 Å². The molecule has 1 aromatic heterocycles. The monoisotopic (exact) mass is 1290 g/mol. The van der Waals surface area contributed by atoms with E-state index in [-0.39, 0.29) is 109 Å². The molecule has 0 saturated carbocycles. The van der Waals surface area contributed by atoms with E-state index >= 15 is 4.79 Å². The predicted molar refractivity (Wildman–Crippen MR) is 352 cm³/mol. The molecule has 4 unspecified atom stereocenters. The number of esters is 1. The van der Waals surface area contributed by atoms with Gasteiger partial charge in [0.2, 0.25) is 17.7 Å². The molecule has 4 amide bonds. The Bertz CT molecular complexity index is 2820. The molecule has 0 aliphatic carbocycles. The number of aryl methyl sites for hydroxylation is 3. The number of aromatic nitrogens is 1. The number of benzene rings is 2. The van der Waals surface area contributed by atoms with Gasteiger partial charge in [-0.3, -0.25) is 52.8 Å². The van der Waals surface area contributed by atoms with Gasteiger partial charge in [-0.05, 0) is 115 Å². The van der Waals surface area contributed by atoms with Gasteiger partial charge in [0.15, 0.2) is 17.7 Å². The molecular formula is C68H102N6O14S2. The Morgan fingerprint density at radius 2 is 1.56 bits per heavy atom. The second-order valence-corrected chi connectivity index (χ2v) is 26.7. The van der Waals surface area contributed by atoms with Crippen LogP contribution in [0.4, 0.5) is 5.69 Å². The number of thiazole rings is 1. The number of likely N-dealkylation sites (N-methyl/N-ethyl adjacent to an activating group) is 1. The van der Waals surface area contributed by atoms with Crippen LogP contribution in [0.15, 0.2) is 47.8 Å². The largest absolute Gasteiger partial charge is 0.465 e. The third-order valence-electron chi connectivity index (χ3n) is 16.7. The summed E-state index contributed by atoms with van der Waals surface area (Å²) in [6.45, 7) is 20.9. The summed E-state index contributed by atoms with van der Waals surface area (Å²) in [7, 11) is 5.17. The number of Topliss-reactive ketones (excluding diaryl/α,β-unsaturated/α-hetero) is 4. The Labute approximate surface area is 542 Å². The van der Waals surface area contributed by atoms with E-state index in [0.717, 1.165) is 33.6 Å². The lowest BCUT2D eigenvalue weighted by Gasteiger charge is -2.40. The summed E-state index contributed by atoms with van der Waals surface area (Å²) in [6, 6.07) is 12.2. The van der Waals surface area contributed by atoms with Gasteiger partial charge in [-0.2, -0.15) is 11.8 Å². The van der Waals surface area contributed by atoms with Gasteiger partial charge in [-0.1, -0.05) is 89.4 Å². The first-order valence-electron chi connectivity index (χ1n) is 31.4. The average Bonchev–Trinajstić information content (AvgIpc) is 1.23. The summed E-state index contributed by atoms with van der Waals surface area (Å²) in [5, 5.41) is 10.7. The molecule has 20 nitrogen and oxygen atoms in total. The summed E-state index contributed by atoms with van der Waals surface area (Å²) in [6.07, 6.45) is 3.52. The Kier molecular flexibility index (Phi) is 34.6. The van der Waals surface area contributed by atoms with E-state index in [4.69, 9.17) is 23.9 Å². The van der Waals surface area contributed by atoms with E-state index in [9.17, 15) is 43.2 Å². The Balaban J connectivity index is 1.88. The molecule has 22 heteroatoms. The van der Waals surface area contributed by atoms with Gasteiger partial charge < -0.3 is 39.8 Å². The number of thioether (sulfide) groups is 1. The number of ketones is 4. The second-order valence-electron chi connectivity index (χ2n) is 24.9. The minimum absolute atomic E-state index is 0.0129. The second kappa shape index (κ2) is 39.9. The summed E-state index contributed by atoms with van der Waals surface area (Å²) in [4.78, 5) is 143. The zero-order valence-electron chi connectivity index (χ0n) is 56.0. The van der Waals surface area contributed by atoms with Crippen LogP contribution in [-0.2, 0) is 74.9 Å². The number of amides is 4. The molecule has 90 heavy (non-hydrogen) atoms. The van der Waals surface area contributed by atoms with Crippen molar-refractivity contribution in [1.29, 1.82) is 0 Å². The van der Waals surface area contributed by atoms with E-state index < -0.39 is 59.5 Å². The fourth-order valence-electron chi connectivity index (χ4n) is 10.4. The average molecular weight is 1290 g/mol. The minimum Gasteiger partial charge on any atom is -0.465 e. The summed E-state index contributed by atoms with van der Waals surface area (Å²) in [5.41, 5.74) is 3.27. The summed E-state index contributed by atoms with van der Waals surface area (Å²) in [5.74, 6) is -5.10. The van der Waals surface area contributed by atoms with E-state index in [1.54, 1.807) is 37.3 Å². The maximum Gasteiger partial charge on any atom is 0.303 e. The van der Waals surface area contributed by atoms with Crippen LogP contribution >= 0.6 is 23.1 Å². The zero-order chi connectivity index (χ0) is 67.3. The van der Waals surface area contributed by atoms with Gasteiger partial charge in [-0.25, -0.2) is 4.98 Å². The van der Waals surface area contributed by atoms with Crippen molar-refractivity contribution in [2.75, 3.05) is 71.4 Å². The van der Waals surface area contributed by atoms with Gasteiger partial charge in [0.05, 0.1) is 31.1 Å². The first kappa shape index (κ1) is 78.0. The first-order chi connectivity index (χ1) is 42.5. The van der Waals surface area contributed by atoms with Crippen LogP contribution < -0.4 is 16.0 Å². The number of unbranched alkanes of at least 4 members (excludes halogenated alkanes) is 1. The van der Waals surface area contributed by atoms with Crippen LogP contribution in [0.25, 0.3) is 0 Å². The molecule has 0 fully saturated rings. The molecule has 0 bridgehead atoms. The third kappa shape index (κ3) is 26.9. The lowest BCUT2D eigenvalue weighted by molar-refractivity contribution is -0.151. The SMILES string of the molecule is CCC(C)[C@H](CC(=O)C(C)(C)N(C)C)C(=O)N(CC(=O)CCc1ccc(NC(=O)C(C)CC(=O)C(CCCCNC(=O)COCCOC)CC(=O)CSC)c(C)c1)[C@H](C[C@@H](OC(C)=O)c1nc(C(=O)N[C@@H](Cc2ccc(C)cc2)CC(C)OC=O)cs1)C(C)C. The van der Waals surface area contributed by atoms with Crippen LogP contribution in [0.2, 0.25) is 0 Å². The van der Waals surface area contributed by atoms with E-state index in [1.807, 2.05) is 117 Å². The topological polar surface area (TPSA) is 263 Å². The molecule has 3 aromatic rings. The highest BCUT2D eigenvalue weighted by Gasteiger charge is 2.41. The number of nitrogens with zero attached hydrogens (tertiary/aromatic N) is 3. The fourth-order valence-corrected chi connectivity index (χ4v) is 11.7. The number of hydrogen-bond donors (Lipinski definition) is 3. The Hall–Kier alpha value is -6.20. The van der Waals surface area contributed by atoms with Crippen molar-refractivity contribution in [2.45, 2.75) is 183 Å². The van der Waals surface area contributed by atoms with Gasteiger partial charge in [-0.15, -0.1) is 11.3 Å².